The van der Waals surface area contributed by atoms with Gasteiger partial charge in [0.15, 0.2) is 5.75 Å². The molecule has 6 heteroatoms. The van der Waals surface area contributed by atoms with Crippen molar-refractivity contribution in [3.8, 4) is 5.75 Å². The van der Waals surface area contributed by atoms with Gasteiger partial charge in [-0.2, -0.15) is 0 Å². The summed E-state index contributed by atoms with van der Waals surface area (Å²) in [6, 6.07) is 2.32. The number of benzene rings is 1. The van der Waals surface area contributed by atoms with Crippen LogP contribution in [0.2, 0.25) is 0 Å². The lowest BCUT2D eigenvalue weighted by Gasteiger charge is -2.03. The van der Waals surface area contributed by atoms with Gasteiger partial charge in [0.1, 0.15) is 0 Å². The Labute approximate surface area is 79.1 Å². The molecule has 0 bridgehead atoms. The van der Waals surface area contributed by atoms with E-state index in [4.69, 9.17) is 5.73 Å². The van der Waals surface area contributed by atoms with Crippen LogP contribution in [0.25, 0.3) is 0 Å². The van der Waals surface area contributed by atoms with Crippen LogP contribution >= 0.6 is 0 Å². The molecule has 0 fully saturated rings. The van der Waals surface area contributed by atoms with E-state index >= 15 is 0 Å². The van der Waals surface area contributed by atoms with E-state index in [-0.39, 0.29) is 11.1 Å². The van der Waals surface area contributed by atoms with E-state index in [0.29, 0.717) is 0 Å². The maximum absolute atomic E-state index is 10.8. The van der Waals surface area contributed by atoms with Gasteiger partial charge in [-0.25, -0.2) is 0 Å². The fraction of sp³-hybridized carbons (Fsp3) is 0.125. The van der Waals surface area contributed by atoms with Crippen LogP contribution in [-0.4, -0.2) is 15.9 Å². The Bertz CT molecular complexity index is 414. The number of phenols is 1. The van der Waals surface area contributed by atoms with E-state index in [1.807, 2.05) is 0 Å². The largest absolute Gasteiger partial charge is 0.502 e. The lowest BCUT2D eigenvalue weighted by molar-refractivity contribution is -0.386. The Morgan fingerprint density at radius 3 is 2.57 bits per heavy atom. The van der Waals surface area contributed by atoms with Crippen molar-refractivity contribution in [2.45, 2.75) is 6.92 Å². The summed E-state index contributed by atoms with van der Waals surface area (Å²) in [5.41, 5.74) is 4.61. The van der Waals surface area contributed by atoms with Gasteiger partial charge in [-0.1, -0.05) is 0 Å². The van der Waals surface area contributed by atoms with Crippen LogP contribution in [0.4, 0.5) is 5.69 Å². The number of phenolic OH excluding ortho intramolecular Hbond substituents is 1. The maximum atomic E-state index is 10.8. The van der Waals surface area contributed by atoms with E-state index in [2.05, 4.69) is 0 Å². The van der Waals surface area contributed by atoms with Gasteiger partial charge >= 0.3 is 5.69 Å². The van der Waals surface area contributed by atoms with Crippen LogP contribution in [0.1, 0.15) is 15.9 Å². The Hall–Kier alpha value is -2.11. The van der Waals surface area contributed by atoms with Gasteiger partial charge in [-0.15, -0.1) is 0 Å². The summed E-state index contributed by atoms with van der Waals surface area (Å²) in [5.74, 6) is -1.23. The number of hydrogen-bond acceptors (Lipinski definition) is 4. The summed E-state index contributed by atoms with van der Waals surface area (Å²) in [4.78, 5) is 20.6. The Morgan fingerprint density at radius 1 is 1.57 bits per heavy atom. The van der Waals surface area contributed by atoms with E-state index in [0.717, 1.165) is 6.07 Å². The SMILES string of the molecule is Cc1c(C(N)=O)ccc(O)c1[N+](=O)[O-]. The number of nitrogens with zero attached hydrogens (tertiary/aromatic N) is 1. The monoisotopic (exact) mass is 196 g/mol. The maximum Gasteiger partial charge on any atom is 0.314 e. The first-order valence-corrected chi connectivity index (χ1v) is 3.72. The number of primary amides is 1. The lowest BCUT2D eigenvalue weighted by Crippen LogP contribution is -2.13. The molecule has 6 nitrogen and oxygen atoms in total. The Morgan fingerprint density at radius 2 is 2.14 bits per heavy atom. The quantitative estimate of drug-likeness (QED) is 0.536. The van der Waals surface area contributed by atoms with Gasteiger partial charge < -0.3 is 10.8 Å². The van der Waals surface area contributed by atoms with E-state index in [9.17, 15) is 20.0 Å². The highest BCUT2D eigenvalue weighted by atomic mass is 16.6. The minimum Gasteiger partial charge on any atom is -0.502 e. The molecule has 0 aromatic heterocycles. The molecule has 0 unspecified atom stereocenters. The minimum atomic E-state index is -0.759. The lowest BCUT2D eigenvalue weighted by atomic mass is 10.1. The molecule has 0 spiro atoms. The summed E-state index contributed by atoms with van der Waals surface area (Å²) < 4.78 is 0. The van der Waals surface area contributed by atoms with Gasteiger partial charge in [-0.05, 0) is 19.1 Å². The topological polar surface area (TPSA) is 106 Å². The molecule has 1 rings (SSSR count). The van der Waals surface area contributed by atoms with Crippen molar-refractivity contribution in [1.82, 2.24) is 0 Å². The van der Waals surface area contributed by atoms with Crippen molar-refractivity contribution in [2.24, 2.45) is 5.73 Å². The average Bonchev–Trinajstić information content (AvgIpc) is 2.02. The van der Waals surface area contributed by atoms with Crippen molar-refractivity contribution >= 4 is 11.6 Å². The average molecular weight is 196 g/mol. The Kier molecular flexibility index (Phi) is 2.37. The number of carbonyl (C=O) groups excluding carboxylic acids is 1. The zero-order valence-electron chi connectivity index (χ0n) is 7.35. The molecule has 14 heavy (non-hydrogen) atoms. The second kappa shape index (κ2) is 3.33. The summed E-state index contributed by atoms with van der Waals surface area (Å²) in [7, 11) is 0. The number of amides is 1. The first-order chi connectivity index (χ1) is 6.45. The third-order valence-electron chi connectivity index (χ3n) is 1.86. The summed E-state index contributed by atoms with van der Waals surface area (Å²) in [6.45, 7) is 1.36. The Balaban J connectivity index is 3.49. The van der Waals surface area contributed by atoms with Crippen LogP contribution in [0.15, 0.2) is 12.1 Å². The molecule has 0 saturated heterocycles. The van der Waals surface area contributed by atoms with Crippen LogP contribution < -0.4 is 5.73 Å². The number of carbonyl (C=O) groups is 1. The highest BCUT2D eigenvalue weighted by Crippen LogP contribution is 2.31. The third-order valence-corrected chi connectivity index (χ3v) is 1.86. The molecule has 0 radical (unpaired) electrons. The first-order valence-electron chi connectivity index (χ1n) is 3.72. The molecule has 0 saturated carbocycles. The second-order valence-electron chi connectivity index (χ2n) is 2.73. The predicted molar refractivity (Wildman–Crippen MR) is 48.0 cm³/mol. The minimum absolute atomic E-state index is 0.0366. The van der Waals surface area contributed by atoms with Gasteiger partial charge in [-0.3, -0.25) is 14.9 Å². The molecular weight excluding hydrogens is 188 g/mol. The van der Waals surface area contributed by atoms with Gasteiger partial charge in [0.25, 0.3) is 0 Å². The first kappa shape index (κ1) is 9.97. The van der Waals surface area contributed by atoms with Crippen LogP contribution in [0.5, 0.6) is 5.75 Å². The zero-order valence-corrected chi connectivity index (χ0v) is 7.35. The highest BCUT2D eigenvalue weighted by Gasteiger charge is 2.21. The molecule has 0 heterocycles. The zero-order chi connectivity index (χ0) is 10.9. The van der Waals surface area contributed by atoms with Crippen molar-refractivity contribution in [1.29, 1.82) is 0 Å². The van der Waals surface area contributed by atoms with Gasteiger partial charge in [0, 0.05) is 11.1 Å². The predicted octanol–water partition coefficient (Wildman–Crippen LogP) is 0.708. The van der Waals surface area contributed by atoms with Crippen LogP contribution in [0, 0.1) is 17.0 Å². The second-order valence-corrected chi connectivity index (χ2v) is 2.73. The molecule has 3 N–H and O–H groups in total. The van der Waals surface area contributed by atoms with Crippen molar-refractivity contribution in [3.05, 3.63) is 33.4 Å². The number of nitro benzene ring substituents is 1. The summed E-state index contributed by atoms with van der Waals surface area (Å²) in [5, 5.41) is 19.7. The van der Waals surface area contributed by atoms with Gasteiger partial charge in [0.05, 0.1) is 4.92 Å². The molecule has 1 aromatic carbocycles. The normalized spacial score (nSPS) is 9.79. The summed E-state index contributed by atoms with van der Waals surface area (Å²) in [6.07, 6.45) is 0. The third kappa shape index (κ3) is 1.49. The fourth-order valence-corrected chi connectivity index (χ4v) is 1.18. The van der Waals surface area contributed by atoms with Crippen molar-refractivity contribution in [2.75, 3.05) is 0 Å². The van der Waals surface area contributed by atoms with Gasteiger partial charge in [0.2, 0.25) is 5.91 Å². The molecule has 0 aliphatic rings. The smallest absolute Gasteiger partial charge is 0.314 e. The van der Waals surface area contributed by atoms with Crippen molar-refractivity contribution in [3.63, 3.8) is 0 Å². The van der Waals surface area contributed by atoms with E-state index in [1.54, 1.807) is 0 Å². The van der Waals surface area contributed by atoms with Crippen molar-refractivity contribution < 1.29 is 14.8 Å². The van der Waals surface area contributed by atoms with Crippen LogP contribution in [0.3, 0.4) is 0 Å². The number of hydrogen-bond donors (Lipinski definition) is 2. The molecule has 0 aliphatic carbocycles. The highest BCUT2D eigenvalue weighted by molar-refractivity contribution is 5.95. The number of rotatable bonds is 2. The molecule has 74 valence electrons. The number of nitro groups is 1. The molecule has 1 aromatic rings. The number of nitrogens with two attached hydrogens (primary N) is 1. The standard InChI is InChI=1S/C8H8N2O4/c1-4-5(8(9)12)2-3-6(11)7(4)10(13)14/h2-3,11H,1H3,(H2,9,12). The van der Waals surface area contributed by atoms with E-state index < -0.39 is 22.3 Å². The van der Waals surface area contributed by atoms with E-state index in [1.165, 1.54) is 13.0 Å². The number of aromatic hydroxyl groups is 1. The van der Waals surface area contributed by atoms with Crippen LogP contribution in [-0.2, 0) is 0 Å². The molecular formula is C8H8N2O4. The summed E-state index contributed by atoms with van der Waals surface area (Å²) >= 11 is 0. The molecule has 1 amide bonds. The molecule has 0 aliphatic heterocycles. The fourth-order valence-electron chi connectivity index (χ4n) is 1.18. The molecule has 0 atom stereocenters.